The number of hydroxylamine groups is 1. The van der Waals surface area contributed by atoms with Crippen LogP contribution in [0, 0.1) is 0 Å². The van der Waals surface area contributed by atoms with Crippen LogP contribution in [-0.4, -0.2) is 13.0 Å². The highest BCUT2D eigenvalue weighted by atomic mass is 32.2. The smallest absolute Gasteiger partial charge is 0.325 e. The van der Waals surface area contributed by atoms with Gasteiger partial charge >= 0.3 is 5.97 Å². The van der Waals surface area contributed by atoms with Crippen molar-refractivity contribution >= 4 is 29.1 Å². The van der Waals surface area contributed by atoms with E-state index in [1.807, 2.05) is 19.1 Å². The van der Waals surface area contributed by atoms with Crippen molar-refractivity contribution < 1.29 is 9.63 Å². The SMILES string of the molecule is CNOC(=O)CC(C)c1ccc2c(c1)Sc1ccccc1N2. The molecule has 22 heavy (non-hydrogen) atoms. The van der Waals surface area contributed by atoms with Crippen LogP contribution in [0.4, 0.5) is 11.4 Å². The fourth-order valence-electron chi connectivity index (χ4n) is 2.48. The van der Waals surface area contributed by atoms with Crippen LogP contribution in [0.2, 0.25) is 0 Å². The molecular weight excluding hydrogens is 296 g/mol. The third-order valence-electron chi connectivity index (χ3n) is 3.64. The average Bonchev–Trinajstić information content (AvgIpc) is 2.52. The standard InChI is InChI=1S/C17H18N2O2S/c1-11(9-17(20)21-18-2)12-7-8-14-16(10-12)22-15-6-4-3-5-13(15)19-14/h3-8,10-11,18-19H,9H2,1-2H3. The van der Waals surface area contributed by atoms with E-state index in [-0.39, 0.29) is 11.9 Å². The first-order valence-electron chi connectivity index (χ1n) is 7.21. The predicted octanol–water partition coefficient (Wildman–Crippen LogP) is 4.07. The summed E-state index contributed by atoms with van der Waals surface area (Å²) in [5.74, 6) is -0.132. The molecule has 1 unspecified atom stereocenters. The van der Waals surface area contributed by atoms with Crippen LogP contribution in [0.1, 0.15) is 24.8 Å². The molecule has 0 aromatic heterocycles. The molecule has 3 rings (SSSR count). The molecule has 0 spiro atoms. The van der Waals surface area contributed by atoms with Crippen molar-refractivity contribution in [1.82, 2.24) is 5.48 Å². The fourth-order valence-corrected chi connectivity index (χ4v) is 3.52. The van der Waals surface area contributed by atoms with Crippen molar-refractivity contribution in [2.24, 2.45) is 0 Å². The van der Waals surface area contributed by atoms with Crippen LogP contribution < -0.4 is 10.8 Å². The number of hydrogen-bond donors (Lipinski definition) is 2. The molecule has 1 aliphatic rings. The molecule has 2 aromatic carbocycles. The number of carbonyl (C=O) groups excluding carboxylic acids is 1. The van der Waals surface area contributed by atoms with Crippen LogP contribution in [-0.2, 0) is 9.63 Å². The van der Waals surface area contributed by atoms with Gasteiger partial charge in [0.2, 0.25) is 0 Å². The molecule has 0 saturated carbocycles. The molecule has 0 bridgehead atoms. The molecule has 4 nitrogen and oxygen atoms in total. The van der Waals surface area contributed by atoms with Crippen molar-refractivity contribution in [3.05, 3.63) is 48.0 Å². The van der Waals surface area contributed by atoms with Gasteiger partial charge in [0.1, 0.15) is 0 Å². The Bertz CT molecular complexity index is 703. The molecule has 1 heterocycles. The molecule has 0 radical (unpaired) electrons. The second kappa shape index (κ2) is 6.42. The zero-order chi connectivity index (χ0) is 15.5. The topological polar surface area (TPSA) is 50.4 Å². The number of para-hydroxylation sites is 1. The Hall–Kier alpha value is -1.98. The molecule has 114 valence electrons. The van der Waals surface area contributed by atoms with Gasteiger partial charge in [0.25, 0.3) is 0 Å². The Morgan fingerprint density at radius 2 is 2.00 bits per heavy atom. The van der Waals surface area contributed by atoms with Crippen LogP contribution in [0.5, 0.6) is 0 Å². The van der Waals surface area contributed by atoms with E-state index < -0.39 is 0 Å². The monoisotopic (exact) mass is 314 g/mol. The summed E-state index contributed by atoms with van der Waals surface area (Å²) in [7, 11) is 1.58. The van der Waals surface area contributed by atoms with E-state index in [0.717, 1.165) is 16.9 Å². The summed E-state index contributed by atoms with van der Waals surface area (Å²) in [6, 6.07) is 14.6. The van der Waals surface area contributed by atoms with Gasteiger partial charge < -0.3 is 10.2 Å². The minimum Gasteiger partial charge on any atom is -0.371 e. The zero-order valence-electron chi connectivity index (χ0n) is 12.6. The maximum absolute atomic E-state index is 11.6. The van der Waals surface area contributed by atoms with E-state index in [1.54, 1.807) is 18.8 Å². The summed E-state index contributed by atoms with van der Waals surface area (Å²) in [4.78, 5) is 18.8. The summed E-state index contributed by atoms with van der Waals surface area (Å²) in [6.45, 7) is 2.04. The maximum atomic E-state index is 11.6. The van der Waals surface area contributed by atoms with Crippen molar-refractivity contribution in [3.63, 3.8) is 0 Å². The number of anilines is 2. The third-order valence-corrected chi connectivity index (χ3v) is 4.77. The lowest BCUT2D eigenvalue weighted by molar-refractivity contribution is -0.150. The molecule has 0 fully saturated rings. The first-order chi connectivity index (χ1) is 10.7. The van der Waals surface area contributed by atoms with E-state index in [0.29, 0.717) is 6.42 Å². The van der Waals surface area contributed by atoms with E-state index in [1.165, 1.54) is 9.79 Å². The Morgan fingerprint density at radius 3 is 2.82 bits per heavy atom. The van der Waals surface area contributed by atoms with Crippen molar-refractivity contribution in [2.75, 3.05) is 12.4 Å². The van der Waals surface area contributed by atoms with Gasteiger partial charge in [-0.15, -0.1) is 0 Å². The predicted molar refractivity (Wildman–Crippen MR) is 88.5 cm³/mol. The first kappa shape index (κ1) is 14.9. The lowest BCUT2D eigenvalue weighted by Crippen LogP contribution is -2.16. The highest BCUT2D eigenvalue weighted by Crippen LogP contribution is 2.44. The molecule has 2 aromatic rings. The van der Waals surface area contributed by atoms with E-state index in [4.69, 9.17) is 4.84 Å². The quantitative estimate of drug-likeness (QED) is 0.711. The first-order valence-corrected chi connectivity index (χ1v) is 8.03. The fraction of sp³-hybridized carbons (Fsp3) is 0.235. The second-order valence-corrected chi connectivity index (χ2v) is 6.35. The minimum absolute atomic E-state index is 0.115. The Kier molecular flexibility index (Phi) is 4.36. The van der Waals surface area contributed by atoms with Crippen LogP contribution in [0.15, 0.2) is 52.3 Å². The normalized spacial score (nSPS) is 13.5. The number of rotatable bonds is 4. The number of carbonyl (C=O) groups is 1. The van der Waals surface area contributed by atoms with Crippen LogP contribution >= 0.6 is 11.8 Å². The molecule has 5 heteroatoms. The van der Waals surface area contributed by atoms with E-state index >= 15 is 0 Å². The second-order valence-electron chi connectivity index (χ2n) is 5.26. The molecule has 0 aliphatic carbocycles. The van der Waals surface area contributed by atoms with Gasteiger partial charge in [0.05, 0.1) is 17.8 Å². The molecular formula is C17H18N2O2S. The van der Waals surface area contributed by atoms with Crippen LogP contribution in [0.3, 0.4) is 0 Å². The molecule has 0 amide bonds. The average molecular weight is 314 g/mol. The van der Waals surface area contributed by atoms with Gasteiger partial charge in [-0.05, 0) is 35.7 Å². The van der Waals surface area contributed by atoms with Gasteiger partial charge in [0.15, 0.2) is 0 Å². The highest BCUT2D eigenvalue weighted by Gasteiger charge is 2.18. The lowest BCUT2D eigenvalue weighted by atomic mass is 9.97. The third kappa shape index (κ3) is 3.10. The Morgan fingerprint density at radius 1 is 1.23 bits per heavy atom. The van der Waals surface area contributed by atoms with Gasteiger partial charge in [-0.3, -0.25) is 4.79 Å². The van der Waals surface area contributed by atoms with E-state index in [2.05, 4.69) is 41.1 Å². The van der Waals surface area contributed by atoms with Gasteiger partial charge in [-0.25, -0.2) is 0 Å². The Labute approximate surface area is 134 Å². The molecule has 1 atom stereocenters. The maximum Gasteiger partial charge on any atom is 0.325 e. The van der Waals surface area contributed by atoms with Gasteiger partial charge in [-0.1, -0.05) is 36.9 Å². The lowest BCUT2D eigenvalue weighted by Gasteiger charge is -2.22. The minimum atomic E-state index is -0.246. The Balaban J connectivity index is 1.79. The largest absolute Gasteiger partial charge is 0.371 e. The zero-order valence-corrected chi connectivity index (χ0v) is 13.4. The van der Waals surface area contributed by atoms with Crippen molar-refractivity contribution in [1.29, 1.82) is 0 Å². The highest BCUT2D eigenvalue weighted by molar-refractivity contribution is 7.99. The molecule has 0 saturated heterocycles. The number of hydrogen-bond acceptors (Lipinski definition) is 5. The number of nitrogens with one attached hydrogen (secondary N) is 2. The van der Waals surface area contributed by atoms with E-state index in [9.17, 15) is 4.79 Å². The van der Waals surface area contributed by atoms with Crippen molar-refractivity contribution in [2.45, 2.75) is 29.1 Å². The summed E-state index contributed by atoms with van der Waals surface area (Å²) >= 11 is 1.75. The van der Waals surface area contributed by atoms with Gasteiger partial charge in [-0.2, -0.15) is 5.48 Å². The molecule has 2 N–H and O–H groups in total. The summed E-state index contributed by atoms with van der Waals surface area (Å²) in [5.41, 5.74) is 5.81. The molecule has 1 aliphatic heterocycles. The van der Waals surface area contributed by atoms with Gasteiger partial charge in [0, 0.05) is 16.8 Å². The summed E-state index contributed by atoms with van der Waals surface area (Å²) < 4.78 is 0. The summed E-state index contributed by atoms with van der Waals surface area (Å²) in [5, 5.41) is 3.45. The number of fused-ring (bicyclic) bond motifs is 2. The summed E-state index contributed by atoms with van der Waals surface area (Å²) in [6.07, 6.45) is 0.355. The van der Waals surface area contributed by atoms with Crippen LogP contribution in [0.25, 0.3) is 0 Å². The number of benzene rings is 2. The van der Waals surface area contributed by atoms with Crippen molar-refractivity contribution in [3.8, 4) is 0 Å².